The van der Waals surface area contributed by atoms with Crippen molar-refractivity contribution in [3.05, 3.63) is 70.7 Å². The van der Waals surface area contributed by atoms with Crippen LogP contribution in [0.3, 0.4) is 0 Å². The highest BCUT2D eigenvalue weighted by atomic mass is 32.1. The number of hydrogen-bond donors (Lipinski definition) is 3. The van der Waals surface area contributed by atoms with Gasteiger partial charge in [0, 0.05) is 21.7 Å². The molecule has 32 heavy (non-hydrogen) atoms. The van der Waals surface area contributed by atoms with E-state index in [1.165, 1.54) is 4.90 Å². The average molecular weight is 451 g/mol. The summed E-state index contributed by atoms with van der Waals surface area (Å²) in [6.07, 6.45) is 1.54. The van der Waals surface area contributed by atoms with Crippen LogP contribution < -0.4 is 9.64 Å². The van der Waals surface area contributed by atoms with Crippen LogP contribution in [0, 0.1) is 6.92 Å². The molecular weight excluding hydrogens is 434 g/mol. The van der Waals surface area contributed by atoms with Gasteiger partial charge in [0.2, 0.25) is 0 Å². The maximum Gasteiger partial charge on any atom is 0.349 e. The van der Waals surface area contributed by atoms with Gasteiger partial charge in [-0.15, -0.1) is 11.3 Å². The van der Waals surface area contributed by atoms with Crippen molar-refractivity contribution < 1.29 is 29.3 Å². The van der Waals surface area contributed by atoms with Gasteiger partial charge in [-0.25, -0.2) is 9.59 Å². The number of fused-ring (bicyclic) bond motifs is 1. The Morgan fingerprint density at radius 2 is 1.94 bits per heavy atom. The first-order valence-corrected chi connectivity index (χ1v) is 10.2. The van der Waals surface area contributed by atoms with E-state index in [9.17, 15) is 19.5 Å². The van der Waals surface area contributed by atoms with Crippen LogP contribution in [0.5, 0.6) is 5.75 Å². The van der Waals surface area contributed by atoms with Crippen LogP contribution in [0.2, 0.25) is 0 Å². The first-order chi connectivity index (χ1) is 15.3. The maximum atomic E-state index is 13.5. The number of aliphatic carboxylic acids is 1. The zero-order valence-corrected chi connectivity index (χ0v) is 17.5. The number of ether oxygens (including phenoxy) is 1. The van der Waals surface area contributed by atoms with Crippen LogP contribution in [0.25, 0.3) is 10.1 Å². The number of benzene rings is 2. The van der Waals surface area contributed by atoms with Crippen molar-refractivity contribution in [1.82, 2.24) is 10.2 Å². The maximum absolute atomic E-state index is 13.5. The molecule has 0 aliphatic rings. The molecule has 9 nitrogen and oxygen atoms in total. The van der Waals surface area contributed by atoms with Crippen LogP contribution >= 0.6 is 11.3 Å². The molecule has 0 aliphatic carbocycles. The summed E-state index contributed by atoms with van der Waals surface area (Å²) in [5.41, 5.74) is 1.93. The van der Waals surface area contributed by atoms with E-state index in [0.717, 1.165) is 16.9 Å². The number of aryl methyl sites for hydroxylation is 1. The van der Waals surface area contributed by atoms with Gasteiger partial charge in [-0.05, 0) is 42.8 Å². The Morgan fingerprint density at radius 1 is 1.12 bits per heavy atom. The Morgan fingerprint density at radius 3 is 2.59 bits per heavy atom. The minimum Gasteiger partial charge on any atom is -0.479 e. The number of aromatic nitrogens is 2. The van der Waals surface area contributed by atoms with E-state index in [2.05, 4.69) is 10.2 Å². The summed E-state index contributed by atoms with van der Waals surface area (Å²) in [6.45, 7) is 1.25. The van der Waals surface area contributed by atoms with Gasteiger partial charge in [0.15, 0.2) is 17.2 Å². The number of hydrogen-bond acceptors (Lipinski definition) is 6. The van der Waals surface area contributed by atoms with Crippen molar-refractivity contribution in [1.29, 1.82) is 0 Å². The molecule has 0 fully saturated rings. The molecule has 3 N–H and O–H groups in total. The van der Waals surface area contributed by atoms with E-state index in [1.807, 2.05) is 25.1 Å². The number of nitrogens with zero attached hydrogens (tertiary/aromatic N) is 2. The molecule has 0 unspecified atom stereocenters. The first kappa shape index (κ1) is 21.1. The summed E-state index contributed by atoms with van der Waals surface area (Å²) in [5.74, 6) is -2.36. The van der Waals surface area contributed by atoms with Gasteiger partial charge in [-0.3, -0.25) is 14.8 Å². The third kappa shape index (κ3) is 4.03. The number of carboxylic acid groups (broad SMARTS) is 2. The van der Waals surface area contributed by atoms with E-state index < -0.39 is 18.5 Å². The van der Waals surface area contributed by atoms with E-state index in [0.29, 0.717) is 27.2 Å². The quantitative estimate of drug-likeness (QED) is 0.386. The summed E-state index contributed by atoms with van der Waals surface area (Å²) in [7, 11) is 0. The third-order valence-corrected chi connectivity index (χ3v) is 5.74. The predicted molar refractivity (Wildman–Crippen MR) is 118 cm³/mol. The number of anilines is 2. The van der Waals surface area contributed by atoms with Crippen molar-refractivity contribution in [2.24, 2.45) is 0 Å². The fraction of sp³-hybridized carbons (Fsp3) is 0.0909. The van der Waals surface area contributed by atoms with E-state index in [-0.39, 0.29) is 16.5 Å². The molecule has 1 amide bonds. The number of aromatic amines is 1. The Bertz CT molecular complexity index is 1330. The first-order valence-electron chi connectivity index (χ1n) is 9.40. The van der Waals surface area contributed by atoms with Crippen molar-refractivity contribution in [2.75, 3.05) is 11.5 Å². The number of H-pyrrole nitrogens is 1. The fourth-order valence-electron chi connectivity index (χ4n) is 3.26. The Kier molecular flexibility index (Phi) is 5.61. The second-order valence-corrected chi connectivity index (χ2v) is 7.93. The number of thiophene rings is 1. The number of amides is 1. The number of carbonyl (C=O) groups is 3. The number of carboxylic acids is 2. The lowest BCUT2D eigenvalue weighted by atomic mass is 10.1. The second-order valence-electron chi connectivity index (χ2n) is 6.88. The van der Waals surface area contributed by atoms with Crippen molar-refractivity contribution >= 4 is 50.8 Å². The van der Waals surface area contributed by atoms with Gasteiger partial charge in [-0.1, -0.05) is 12.1 Å². The molecule has 0 aliphatic heterocycles. The molecule has 0 bridgehead atoms. The van der Waals surface area contributed by atoms with Gasteiger partial charge < -0.3 is 14.9 Å². The summed E-state index contributed by atoms with van der Waals surface area (Å²) < 4.78 is 5.71. The molecule has 0 saturated heterocycles. The summed E-state index contributed by atoms with van der Waals surface area (Å²) >= 11 is 0.914. The zero-order chi connectivity index (χ0) is 22.8. The molecule has 2 aromatic carbocycles. The van der Waals surface area contributed by atoms with E-state index in [4.69, 9.17) is 9.84 Å². The largest absolute Gasteiger partial charge is 0.479 e. The predicted octanol–water partition coefficient (Wildman–Crippen LogP) is 4.07. The third-order valence-electron chi connectivity index (χ3n) is 4.62. The highest BCUT2D eigenvalue weighted by molar-refractivity contribution is 7.21. The second kappa shape index (κ2) is 8.52. The molecule has 0 spiro atoms. The number of nitrogens with one attached hydrogen (secondary N) is 1. The highest BCUT2D eigenvalue weighted by Crippen LogP contribution is 2.39. The number of carbonyl (C=O) groups excluding carboxylic acids is 1. The van der Waals surface area contributed by atoms with Gasteiger partial charge >= 0.3 is 11.9 Å². The van der Waals surface area contributed by atoms with Crippen LogP contribution in [0.15, 0.2) is 54.7 Å². The van der Waals surface area contributed by atoms with Gasteiger partial charge in [0.05, 0.1) is 11.9 Å². The van der Waals surface area contributed by atoms with Crippen LogP contribution in [0.4, 0.5) is 11.5 Å². The molecule has 4 rings (SSSR count). The van der Waals surface area contributed by atoms with Crippen LogP contribution in [-0.4, -0.2) is 44.9 Å². The number of aromatic carboxylic acids is 1. The molecule has 0 radical (unpaired) electrons. The Hall–Kier alpha value is -4.18. The Labute approximate surface area is 185 Å². The molecule has 4 aromatic rings. The van der Waals surface area contributed by atoms with Gasteiger partial charge in [0.1, 0.15) is 5.82 Å². The SMILES string of the molecule is Cc1cccc(N(C(=O)c2ccc3c(OCC(=O)O)c(C(=O)O)sc3c2)c2ccn[nH]2)c1. The molecular formula is C22H17N3O6S. The molecule has 2 heterocycles. The monoisotopic (exact) mass is 451 g/mol. The summed E-state index contributed by atoms with van der Waals surface area (Å²) in [5, 5.41) is 25.5. The number of rotatable bonds is 7. The molecule has 0 atom stereocenters. The molecule has 162 valence electrons. The van der Waals surface area contributed by atoms with E-state index >= 15 is 0 Å². The van der Waals surface area contributed by atoms with E-state index in [1.54, 1.807) is 36.5 Å². The van der Waals surface area contributed by atoms with Crippen molar-refractivity contribution in [3.63, 3.8) is 0 Å². The van der Waals surface area contributed by atoms with Crippen LogP contribution in [-0.2, 0) is 4.79 Å². The standard InChI is InChI=1S/C22H17N3O6S/c1-12-3-2-4-14(9-12)25(17-7-8-23-24-17)21(28)13-5-6-15-16(10-13)32-20(22(29)30)19(15)31-11-18(26)27/h2-10H,11H2,1H3,(H,23,24)(H,26,27)(H,29,30). The van der Waals surface area contributed by atoms with Crippen molar-refractivity contribution in [2.45, 2.75) is 6.92 Å². The molecule has 0 saturated carbocycles. The topological polar surface area (TPSA) is 133 Å². The van der Waals surface area contributed by atoms with Gasteiger partial charge in [-0.2, -0.15) is 5.10 Å². The summed E-state index contributed by atoms with van der Waals surface area (Å²) in [4.78, 5) is 37.4. The lowest BCUT2D eigenvalue weighted by molar-refractivity contribution is -0.139. The minimum atomic E-state index is -1.24. The zero-order valence-electron chi connectivity index (χ0n) is 16.7. The lowest BCUT2D eigenvalue weighted by Crippen LogP contribution is -2.26. The Balaban J connectivity index is 1.78. The lowest BCUT2D eigenvalue weighted by Gasteiger charge is -2.21. The average Bonchev–Trinajstić information content (AvgIpc) is 3.40. The minimum absolute atomic E-state index is 0.0250. The molecule has 10 heteroatoms. The normalized spacial score (nSPS) is 10.8. The van der Waals surface area contributed by atoms with Gasteiger partial charge in [0.25, 0.3) is 5.91 Å². The summed E-state index contributed by atoms with van der Waals surface area (Å²) in [6, 6.07) is 13.8. The highest BCUT2D eigenvalue weighted by Gasteiger charge is 2.24. The van der Waals surface area contributed by atoms with Crippen LogP contribution in [0.1, 0.15) is 25.6 Å². The fourth-order valence-corrected chi connectivity index (χ4v) is 4.28. The van der Waals surface area contributed by atoms with Crippen molar-refractivity contribution in [3.8, 4) is 5.75 Å². The smallest absolute Gasteiger partial charge is 0.349 e. The molecule has 2 aromatic heterocycles.